The molecule has 0 bridgehead atoms. The molecule has 2 fully saturated rings. The minimum Gasteiger partial charge on any atom is -0.383 e. The van der Waals surface area contributed by atoms with Crippen LogP contribution in [0.25, 0.3) is 0 Å². The molecule has 1 unspecified atom stereocenters. The van der Waals surface area contributed by atoms with Gasteiger partial charge < -0.3 is 9.64 Å². The molecule has 4 nitrogen and oxygen atoms in total. The summed E-state index contributed by atoms with van der Waals surface area (Å²) in [5.74, 6) is 1.73. The highest BCUT2D eigenvalue weighted by atomic mass is 32.1. The molecule has 0 radical (unpaired) electrons. The van der Waals surface area contributed by atoms with E-state index in [0.717, 1.165) is 24.1 Å². The lowest BCUT2D eigenvalue weighted by Gasteiger charge is -2.22. The van der Waals surface area contributed by atoms with Crippen molar-refractivity contribution in [2.75, 3.05) is 25.2 Å². The van der Waals surface area contributed by atoms with Gasteiger partial charge in [-0.05, 0) is 25.7 Å². The summed E-state index contributed by atoms with van der Waals surface area (Å²) in [6.07, 6.45) is 5.01. The molecule has 0 spiro atoms. The van der Waals surface area contributed by atoms with Crippen LogP contribution in [0, 0.1) is 0 Å². The zero-order valence-electron chi connectivity index (χ0n) is 9.56. The molecular weight excluding hydrogens is 222 g/mol. The van der Waals surface area contributed by atoms with Crippen LogP contribution in [0.1, 0.15) is 37.4 Å². The summed E-state index contributed by atoms with van der Waals surface area (Å²) in [6.45, 7) is 1.91. The summed E-state index contributed by atoms with van der Waals surface area (Å²) in [6, 6.07) is 0.505. The van der Waals surface area contributed by atoms with Crippen molar-refractivity contribution in [3.63, 3.8) is 0 Å². The fourth-order valence-electron chi connectivity index (χ4n) is 2.30. The number of methoxy groups -OCH3 is 1. The second kappa shape index (κ2) is 4.30. The summed E-state index contributed by atoms with van der Waals surface area (Å²) in [5, 5.41) is 1.10. The highest BCUT2D eigenvalue weighted by molar-refractivity contribution is 7.09. The van der Waals surface area contributed by atoms with Crippen molar-refractivity contribution in [1.82, 2.24) is 9.36 Å². The van der Waals surface area contributed by atoms with Gasteiger partial charge in [0.25, 0.3) is 0 Å². The maximum Gasteiger partial charge on any atom is 0.205 e. The molecule has 1 aromatic rings. The van der Waals surface area contributed by atoms with E-state index in [2.05, 4.69) is 14.3 Å². The van der Waals surface area contributed by atoms with Crippen LogP contribution >= 0.6 is 11.5 Å². The van der Waals surface area contributed by atoms with E-state index in [-0.39, 0.29) is 0 Å². The Bertz CT molecular complexity index is 364. The summed E-state index contributed by atoms with van der Waals surface area (Å²) in [7, 11) is 1.77. The van der Waals surface area contributed by atoms with Gasteiger partial charge in [0.1, 0.15) is 5.82 Å². The second-order valence-corrected chi connectivity index (χ2v) is 5.38. The topological polar surface area (TPSA) is 38.2 Å². The molecule has 3 rings (SSSR count). The Labute approximate surface area is 99.8 Å². The Hall–Kier alpha value is -0.680. The van der Waals surface area contributed by atoms with Crippen LogP contribution in [-0.4, -0.2) is 35.7 Å². The Morgan fingerprint density at radius 2 is 2.31 bits per heavy atom. The number of ether oxygens (including phenoxy) is 1. The number of hydrogen-bond acceptors (Lipinski definition) is 5. The van der Waals surface area contributed by atoms with Crippen molar-refractivity contribution < 1.29 is 4.74 Å². The molecule has 2 aliphatic rings. The number of hydrogen-bond donors (Lipinski definition) is 0. The van der Waals surface area contributed by atoms with Crippen molar-refractivity contribution in [2.45, 2.75) is 37.6 Å². The first-order valence-electron chi connectivity index (χ1n) is 5.97. The van der Waals surface area contributed by atoms with Crippen molar-refractivity contribution >= 4 is 16.7 Å². The third-order valence-electron chi connectivity index (χ3n) is 3.36. The molecular formula is C11H17N3OS. The molecule has 1 aliphatic carbocycles. The molecule has 2 heterocycles. The molecule has 88 valence electrons. The average Bonchev–Trinajstić information content (AvgIpc) is 2.85. The summed E-state index contributed by atoms with van der Waals surface area (Å²) in [5.41, 5.74) is 0. The lowest BCUT2D eigenvalue weighted by Crippen LogP contribution is -2.32. The summed E-state index contributed by atoms with van der Waals surface area (Å²) < 4.78 is 9.72. The van der Waals surface area contributed by atoms with Gasteiger partial charge in [0, 0.05) is 31.1 Å². The molecule has 1 atom stereocenters. The zero-order chi connectivity index (χ0) is 11.0. The van der Waals surface area contributed by atoms with Crippen molar-refractivity contribution in [3.05, 3.63) is 5.82 Å². The highest BCUT2D eigenvalue weighted by Crippen LogP contribution is 2.40. The SMILES string of the molecule is COCC1CCCN1c1nc(C2CC2)ns1. The standard InChI is InChI=1S/C11H17N3OS/c1-15-7-9-3-2-6-14(9)11-12-10(13-16-11)8-4-5-8/h8-9H,2-7H2,1H3. The molecule has 1 saturated carbocycles. The summed E-state index contributed by atoms with van der Waals surface area (Å²) in [4.78, 5) is 7.03. The predicted molar refractivity (Wildman–Crippen MR) is 64.1 cm³/mol. The van der Waals surface area contributed by atoms with E-state index in [9.17, 15) is 0 Å². The van der Waals surface area contributed by atoms with Gasteiger partial charge >= 0.3 is 0 Å². The number of aromatic nitrogens is 2. The van der Waals surface area contributed by atoms with Crippen molar-refractivity contribution in [1.29, 1.82) is 0 Å². The van der Waals surface area contributed by atoms with E-state index >= 15 is 0 Å². The van der Waals surface area contributed by atoms with Crippen LogP contribution in [0.3, 0.4) is 0 Å². The van der Waals surface area contributed by atoms with Gasteiger partial charge in [0.2, 0.25) is 5.13 Å². The first-order chi connectivity index (χ1) is 7.88. The van der Waals surface area contributed by atoms with Crippen LogP contribution in [-0.2, 0) is 4.74 Å². The predicted octanol–water partition coefficient (Wildman–Crippen LogP) is 2.03. The van der Waals surface area contributed by atoms with Crippen LogP contribution in [0.5, 0.6) is 0 Å². The minimum absolute atomic E-state index is 0.505. The molecule has 5 heteroatoms. The fourth-order valence-corrected chi connectivity index (χ4v) is 3.15. The monoisotopic (exact) mass is 239 g/mol. The van der Waals surface area contributed by atoms with Crippen LogP contribution < -0.4 is 4.90 Å². The normalized spacial score (nSPS) is 25.3. The largest absolute Gasteiger partial charge is 0.383 e. The van der Waals surface area contributed by atoms with Crippen LogP contribution in [0.2, 0.25) is 0 Å². The van der Waals surface area contributed by atoms with E-state index in [1.807, 2.05) is 0 Å². The summed E-state index contributed by atoms with van der Waals surface area (Å²) >= 11 is 1.55. The maximum atomic E-state index is 5.26. The van der Waals surface area contributed by atoms with Gasteiger partial charge in [-0.15, -0.1) is 0 Å². The first kappa shape index (κ1) is 10.5. The van der Waals surface area contributed by atoms with Gasteiger partial charge in [0.15, 0.2) is 0 Å². The Balaban J connectivity index is 1.73. The van der Waals surface area contributed by atoms with E-state index in [1.165, 1.54) is 25.7 Å². The molecule has 16 heavy (non-hydrogen) atoms. The lowest BCUT2D eigenvalue weighted by molar-refractivity contribution is 0.181. The highest BCUT2D eigenvalue weighted by Gasteiger charge is 2.31. The third-order valence-corrected chi connectivity index (χ3v) is 4.12. The maximum absolute atomic E-state index is 5.26. The van der Waals surface area contributed by atoms with E-state index < -0.39 is 0 Å². The quantitative estimate of drug-likeness (QED) is 0.806. The van der Waals surface area contributed by atoms with Crippen molar-refractivity contribution in [2.24, 2.45) is 0 Å². The van der Waals surface area contributed by atoms with Crippen LogP contribution in [0.4, 0.5) is 5.13 Å². The van der Waals surface area contributed by atoms with Crippen LogP contribution in [0.15, 0.2) is 0 Å². The van der Waals surface area contributed by atoms with Gasteiger partial charge in [0.05, 0.1) is 12.6 Å². The van der Waals surface area contributed by atoms with Gasteiger partial charge in [-0.2, -0.15) is 4.37 Å². The van der Waals surface area contributed by atoms with Gasteiger partial charge in [-0.3, -0.25) is 0 Å². The van der Waals surface area contributed by atoms with E-state index in [0.29, 0.717) is 12.0 Å². The first-order valence-corrected chi connectivity index (χ1v) is 6.75. The molecule has 0 N–H and O–H groups in total. The second-order valence-electron chi connectivity index (χ2n) is 4.65. The minimum atomic E-state index is 0.505. The fraction of sp³-hybridized carbons (Fsp3) is 0.818. The molecule has 0 aromatic carbocycles. The van der Waals surface area contributed by atoms with Gasteiger partial charge in [-0.25, -0.2) is 4.98 Å². The number of rotatable bonds is 4. The lowest BCUT2D eigenvalue weighted by atomic mass is 10.2. The average molecular weight is 239 g/mol. The van der Waals surface area contributed by atoms with Gasteiger partial charge in [-0.1, -0.05) is 0 Å². The van der Waals surface area contributed by atoms with E-state index in [4.69, 9.17) is 4.74 Å². The van der Waals surface area contributed by atoms with E-state index in [1.54, 1.807) is 18.6 Å². The molecule has 1 aliphatic heterocycles. The Kier molecular flexibility index (Phi) is 2.81. The Morgan fingerprint density at radius 1 is 1.44 bits per heavy atom. The third kappa shape index (κ3) is 1.94. The Morgan fingerprint density at radius 3 is 3.06 bits per heavy atom. The molecule has 0 amide bonds. The van der Waals surface area contributed by atoms with Crippen molar-refractivity contribution in [3.8, 4) is 0 Å². The molecule has 1 aromatic heterocycles. The number of nitrogens with zero attached hydrogens (tertiary/aromatic N) is 3. The zero-order valence-corrected chi connectivity index (χ0v) is 10.4. The smallest absolute Gasteiger partial charge is 0.205 e. The molecule has 1 saturated heterocycles. The number of anilines is 1.